The molecule has 0 aliphatic rings. The van der Waals surface area contributed by atoms with E-state index in [2.05, 4.69) is 4.74 Å². The third-order valence-electron chi connectivity index (χ3n) is 2.33. The van der Waals surface area contributed by atoms with Crippen molar-refractivity contribution >= 4 is 11.9 Å². The third kappa shape index (κ3) is 7.23. The Bertz CT molecular complexity index is 218. The summed E-state index contributed by atoms with van der Waals surface area (Å²) in [5.41, 5.74) is 0. The number of hydrogen-bond acceptors (Lipinski definition) is 4. The third-order valence-corrected chi connectivity index (χ3v) is 2.33. The van der Waals surface area contributed by atoms with Crippen LogP contribution in [0.15, 0.2) is 0 Å². The lowest BCUT2D eigenvalue weighted by Gasteiger charge is -2.16. The van der Waals surface area contributed by atoms with Crippen molar-refractivity contribution < 1.29 is 19.4 Å². The van der Waals surface area contributed by atoms with Crippen molar-refractivity contribution in [3.05, 3.63) is 0 Å². The SMILES string of the molecule is COC(=O)CCCN(C)C(=O)CCCCO. The lowest BCUT2D eigenvalue weighted by Crippen LogP contribution is -2.27. The minimum absolute atomic E-state index is 0.0540. The van der Waals surface area contributed by atoms with E-state index in [0.717, 1.165) is 0 Å². The molecular weight excluding hydrogens is 210 g/mol. The number of esters is 1. The number of carbonyl (C=O) groups is 2. The molecule has 0 aromatic rings. The van der Waals surface area contributed by atoms with Crippen molar-refractivity contribution in [2.45, 2.75) is 32.1 Å². The molecule has 0 aliphatic heterocycles. The van der Waals surface area contributed by atoms with Gasteiger partial charge in [0.25, 0.3) is 0 Å². The van der Waals surface area contributed by atoms with Crippen LogP contribution in [0.1, 0.15) is 32.1 Å². The average molecular weight is 231 g/mol. The van der Waals surface area contributed by atoms with Crippen molar-refractivity contribution in [2.24, 2.45) is 0 Å². The Balaban J connectivity index is 3.58. The maximum atomic E-state index is 11.5. The normalized spacial score (nSPS) is 9.94. The Morgan fingerprint density at radius 3 is 2.44 bits per heavy atom. The number of methoxy groups -OCH3 is 1. The fourth-order valence-electron chi connectivity index (χ4n) is 1.27. The summed E-state index contributed by atoms with van der Waals surface area (Å²) in [7, 11) is 3.07. The Morgan fingerprint density at radius 2 is 1.88 bits per heavy atom. The van der Waals surface area contributed by atoms with Crippen LogP contribution in [0.5, 0.6) is 0 Å². The molecule has 0 saturated heterocycles. The first-order valence-electron chi connectivity index (χ1n) is 5.53. The molecule has 0 saturated carbocycles. The number of unbranched alkanes of at least 4 members (excludes halogenated alkanes) is 1. The van der Waals surface area contributed by atoms with Gasteiger partial charge in [-0.25, -0.2) is 0 Å². The summed E-state index contributed by atoms with van der Waals surface area (Å²) in [4.78, 5) is 23.9. The smallest absolute Gasteiger partial charge is 0.305 e. The molecule has 16 heavy (non-hydrogen) atoms. The van der Waals surface area contributed by atoms with E-state index in [1.165, 1.54) is 7.11 Å². The van der Waals surface area contributed by atoms with E-state index in [1.807, 2.05) is 0 Å². The van der Waals surface area contributed by atoms with Crippen LogP contribution in [-0.2, 0) is 14.3 Å². The maximum absolute atomic E-state index is 11.5. The highest BCUT2D eigenvalue weighted by atomic mass is 16.5. The molecule has 1 N–H and O–H groups in total. The van der Waals surface area contributed by atoms with E-state index in [0.29, 0.717) is 38.6 Å². The standard InChI is InChI=1S/C11H21NO4/c1-12(8-5-7-11(15)16-2)10(14)6-3-4-9-13/h13H,3-9H2,1-2H3. The van der Waals surface area contributed by atoms with Gasteiger partial charge in [-0.05, 0) is 19.3 Å². The van der Waals surface area contributed by atoms with Crippen LogP contribution in [0.25, 0.3) is 0 Å². The number of aliphatic hydroxyl groups excluding tert-OH is 1. The molecule has 1 amide bonds. The summed E-state index contributed by atoms with van der Waals surface area (Å²) in [5.74, 6) is -0.195. The molecule has 94 valence electrons. The van der Waals surface area contributed by atoms with Gasteiger partial charge in [-0.3, -0.25) is 9.59 Å². The molecular formula is C11H21NO4. The maximum Gasteiger partial charge on any atom is 0.305 e. The van der Waals surface area contributed by atoms with E-state index >= 15 is 0 Å². The van der Waals surface area contributed by atoms with Gasteiger partial charge in [-0.2, -0.15) is 0 Å². The van der Waals surface area contributed by atoms with Gasteiger partial charge in [0.1, 0.15) is 0 Å². The first-order chi connectivity index (χ1) is 7.61. The van der Waals surface area contributed by atoms with E-state index in [9.17, 15) is 9.59 Å². The van der Waals surface area contributed by atoms with E-state index < -0.39 is 0 Å². The Labute approximate surface area is 96.4 Å². The highest BCUT2D eigenvalue weighted by Gasteiger charge is 2.08. The number of nitrogens with zero attached hydrogens (tertiary/aromatic N) is 1. The summed E-state index contributed by atoms with van der Waals surface area (Å²) >= 11 is 0. The predicted octanol–water partition coefficient (Wildman–Crippen LogP) is 0.561. The van der Waals surface area contributed by atoms with Gasteiger partial charge in [0, 0.05) is 33.0 Å². The molecule has 0 heterocycles. The largest absolute Gasteiger partial charge is 0.469 e. The number of ether oxygens (including phenoxy) is 1. The van der Waals surface area contributed by atoms with E-state index in [-0.39, 0.29) is 18.5 Å². The Kier molecular flexibility index (Phi) is 8.52. The zero-order valence-corrected chi connectivity index (χ0v) is 10.1. The molecule has 5 heteroatoms. The van der Waals surface area contributed by atoms with Crippen molar-refractivity contribution in [3.63, 3.8) is 0 Å². The monoisotopic (exact) mass is 231 g/mol. The fourth-order valence-corrected chi connectivity index (χ4v) is 1.27. The van der Waals surface area contributed by atoms with Crippen molar-refractivity contribution in [2.75, 3.05) is 27.3 Å². The topological polar surface area (TPSA) is 66.8 Å². The summed E-state index contributed by atoms with van der Waals surface area (Å²) in [6.07, 6.45) is 2.77. The quantitative estimate of drug-likeness (QED) is 0.489. The van der Waals surface area contributed by atoms with Crippen LogP contribution in [0.2, 0.25) is 0 Å². The van der Waals surface area contributed by atoms with Crippen LogP contribution in [-0.4, -0.2) is 49.2 Å². The molecule has 0 aromatic carbocycles. The van der Waals surface area contributed by atoms with Crippen LogP contribution in [0.4, 0.5) is 0 Å². The predicted molar refractivity (Wildman–Crippen MR) is 59.8 cm³/mol. The molecule has 5 nitrogen and oxygen atoms in total. The Hall–Kier alpha value is -1.10. The molecule has 0 bridgehead atoms. The summed E-state index contributed by atoms with van der Waals surface area (Å²) in [6, 6.07) is 0. The number of aliphatic hydroxyl groups is 1. The van der Waals surface area contributed by atoms with Gasteiger partial charge < -0.3 is 14.7 Å². The number of carbonyl (C=O) groups excluding carboxylic acids is 2. The molecule has 0 aliphatic carbocycles. The molecule has 0 fully saturated rings. The summed E-state index contributed by atoms with van der Waals surface area (Å²) in [5, 5.41) is 8.57. The number of rotatable bonds is 8. The van der Waals surface area contributed by atoms with Crippen molar-refractivity contribution in [3.8, 4) is 0 Å². The number of hydrogen-bond donors (Lipinski definition) is 1. The Morgan fingerprint density at radius 1 is 1.19 bits per heavy atom. The second-order valence-electron chi connectivity index (χ2n) is 3.68. The lowest BCUT2D eigenvalue weighted by molar-refractivity contribution is -0.141. The molecule has 0 atom stereocenters. The minimum Gasteiger partial charge on any atom is -0.469 e. The summed E-state index contributed by atoms with van der Waals surface area (Å²) < 4.78 is 4.50. The second kappa shape index (κ2) is 9.15. The first kappa shape index (κ1) is 14.9. The molecule has 0 aromatic heterocycles. The van der Waals surface area contributed by atoms with Gasteiger partial charge >= 0.3 is 5.97 Å². The van der Waals surface area contributed by atoms with Crippen LogP contribution in [0, 0.1) is 0 Å². The molecule has 0 radical (unpaired) electrons. The molecule has 0 rings (SSSR count). The zero-order chi connectivity index (χ0) is 12.4. The van der Waals surface area contributed by atoms with Gasteiger partial charge in [0.15, 0.2) is 0 Å². The van der Waals surface area contributed by atoms with Crippen LogP contribution < -0.4 is 0 Å². The number of amides is 1. The average Bonchev–Trinajstić information content (AvgIpc) is 2.28. The molecule has 0 spiro atoms. The fraction of sp³-hybridized carbons (Fsp3) is 0.818. The van der Waals surface area contributed by atoms with Crippen LogP contribution in [0.3, 0.4) is 0 Å². The minimum atomic E-state index is -0.249. The second-order valence-corrected chi connectivity index (χ2v) is 3.68. The first-order valence-corrected chi connectivity index (χ1v) is 5.53. The van der Waals surface area contributed by atoms with E-state index in [4.69, 9.17) is 5.11 Å². The van der Waals surface area contributed by atoms with Gasteiger partial charge in [0.05, 0.1) is 7.11 Å². The van der Waals surface area contributed by atoms with Crippen molar-refractivity contribution in [1.82, 2.24) is 4.90 Å². The van der Waals surface area contributed by atoms with Gasteiger partial charge in [0.2, 0.25) is 5.91 Å². The molecule has 0 unspecified atom stereocenters. The van der Waals surface area contributed by atoms with Crippen molar-refractivity contribution in [1.29, 1.82) is 0 Å². The van der Waals surface area contributed by atoms with E-state index in [1.54, 1.807) is 11.9 Å². The summed E-state index contributed by atoms with van der Waals surface area (Å²) in [6.45, 7) is 0.687. The van der Waals surface area contributed by atoms with Gasteiger partial charge in [-0.1, -0.05) is 0 Å². The lowest BCUT2D eigenvalue weighted by atomic mass is 10.2. The van der Waals surface area contributed by atoms with Gasteiger partial charge in [-0.15, -0.1) is 0 Å². The van der Waals surface area contributed by atoms with Crippen LogP contribution >= 0.6 is 0 Å². The highest BCUT2D eigenvalue weighted by Crippen LogP contribution is 2.01. The zero-order valence-electron chi connectivity index (χ0n) is 10.1. The highest BCUT2D eigenvalue weighted by molar-refractivity contribution is 5.75.